The zero-order chi connectivity index (χ0) is 18.9. The van der Waals surface area contributed by atoms with Gasteiger partial charge in [-0.1, -0.05) is 42.5 Å². The lowest BCUT2D eigenvalue weighted by Gasteiger charge is -2.13. The quantitative estimate of drug-likeness (QED) is 0.579. The number of hydrogen-bond acceptors (Lipinski definition) is 3. The van der Waals surface area contributed by atoms with E-state index in [2.05, 4.69) is 10.1 Å². The highest BCUT2D eigenvalue weighted by Crippen LogP contribution is 2.21. The Hall–Kier alpha value is -2.73. The Balaban J connectivity index is 2.22. The van der Waals surface area contributed by atoms with Crippen molar-refractivity contribution in [1.82, 2.24) is 10.2 Å². The number of benzene rings is 2. The first-order valence-electron chi connectivity index (χ1n) is 8.20. The van der Waals surface area contributed by atoms with Crippen LogP contribution in [-0.4, -0.2) is 44.6 Å². The van der Waals surface area contributed by atoms with Crippen molar-refractivity contribution < 1.29 is 18.3 Å². The molecule has 1 N–H and O–H groups in total. The highest BCUT2D eigenvalue weighted by atomic mass is 19.3. The molecule has 0 radical (unpaired) electrons. The molecule has 0 aliphatic carbocycles. The van der Waals surface area contributed by atoms with Crippen LogP contribution in [-0.2, 0) is 4.79 Å². The van der Waals surface area contributed by atoms with Crippen LogP contribution >= 0.6 is 0 Å². The van der Waals surface area contributed by atoms with Gasteiger partial charge in [-0.3, -0.25) is 4.79 Å². The third-order valence-corrected chi connectivity index (χ3v) is 3.59. The average molecular weight is 360 g/mol. The summed E-state index contributed by atoms with van der Waals surface area (Å²) in [5.74, 6) is -0.111. The molecule has 4 nitrogen and oxygen atoms in total. The van der Waals surface area contributed by atoms with Crippen LogP contribution in [0.2, 0.25) is 0 Å². The van der Waals surface area contributed by atoms with Gasteiger partial charge in [0.1, 0.15) is 5.75 Å². The van der Waals surface area contributed by atoms with E-state index in [4.69, 9.17) is 0 Å². The maximum Gasteiger partial charge on any atom is 0.387 e. The second-order valence-corrected chi connectivity index (χ2v) is 5.93. The average Bonchev–Trinajstić information content (AvgIpc) is 2.61. The minimum atomic E-state index is -2.86. The number of nitrogens with zero attached hydrogens (tertiary/aromatic N) is 1. The summed E-state index contributed by atoms with van der Waals surface area (Å²) in [5.41, 5.74) is 2.00. The van der Waals surface area contributed by atoms with Crippen LogP contribution in [0.1, 0.15) is 11.1 Å². The number of ether oxygens (including phenoxy) is 1. The molecule has 1 amide bonds. The van der Waals surface area contributed by atoms with Gasteiger partial charge in [0.15, 0.2) is 0 Å². The van der Waals surface area contributed by atoms with Gasteiger partial charge in [-0.05, 0) is 43.4 Å². The van der Waals surface area contributed by atoms with E-state index in [1.54, 1.807) is 18.2 Å². The van der Waals surface area contributed by atoms with Crippen molar-refractivity contribution in [1.29, 1.82) is 0 Å². The Morgan fingerprint density at radius 3 is 2.35 bits per heavy atom. The second-order valence-electron chi connectivity index (χ2n) is 5.93. The minimum absolute atomic E-state index is 0.0776. The number of amides is 1. The van der Waals surface area contributed by atoms with Crippen LogP contribution in [0, 0.1) is 0 Å². The topological polar surface area (TPSA) is 41.6 Å². The van der Waals surface area contributed by atoms with Gasteiger partial charge in [-0.15, -0.1) is 0 Å². The van der Waals surface area contributed by atoms with E-state index in [9.17, 15) is 13.6 Å². The number of halogens is 2. The molecule has 2 aromatic carbocycles. The molecule has 0 saturated heterocycles. The van der Waals surface area contributed by atoms with E-state index < -0.39 is 6.61 Å². The van der Waals surface area contributed by atoms with E-state index in [1.807, 2.05) is 49.3 Å². The van der Waals surface area contributed by atoms with Crippen LogP contribution in [0.3, 0.4) is 0 Å². The number of carbonyl (C=O) groups is 1. The zero-order valence-corrected chi connectivity index (χ0v) is 14.8. The van der Waals surface area contributed by atoms with Crippen molar-refractivity contribution in [3.8, 4) is 5.75 Å². The summed E-state index contributed by atoms with van der Waals surface area (Å²) in [4.78, 5) is 14.6. The first-order valence-corrected chi connectivity index (χ1v) is 8.20. The van der Waals surface area contributed by atoms with E-state index >= 15 is 0 Å². The van der Waals surface area contributed by atoms with Gasteiger partial charge in [-0.25, -0.2) is 0 Å². The van der Waals surface area contributed by atoms with Crippen LogP contribution in [0.25, 0.3) is 11.6 Å². The lowest BCUT2D eigenvalue weighted by molar-refractivity contribution is -0.115. The van der Waals surface area contributed by atoms with Crippen LogP contribution in [0.4, 0.5) is 8.78 Å². The maximum absolute atomic E-state index is 12.6. The lowest BCUT2D eigenvalue weighted by Crippen LogP contribution is -2.31. The summed E-state index contributed by atoms with van der Waals surface area (Å²) >= 11 is 0. The maximum atomic E-state index is 12.6. The standard InChI is InChI=1S/C20H22F2N2O2/c1-24(2)13-12-23-19(25)18(16-6-4-3-5-7-16)14-15-8-10-17(11-9-15)26-20(21)22/h3-11,14,20H,12-13H2,1-2H3,(H,23,25)/b18-14+. The number of likely N-dealkylation sites (N-methyl/N-ethyl adjacent to an activating group) is 1. The number of alkyl halides is 2. The number of nitrogens with one attached hydrogen (secondary N) is 1. The van der Waals surface area contributed by atoms with Crippen LogP contribution in [0.15, 0.2) is 54.6 Å². The van der Waals surface area contributed by atoms with E-state index in [0.29, 0.717) is 17.7 Å². The minimum Gasteiger partial charge on any atom is -0.435 e. The van der Waals surface area contributed by atoms with Crippen molar-refractivity contribution in [3.63, 3.8) is 0 Å². The molecule has 0 aliphatic rings. The van der Waals surface area contributed by atoms with Crippen LogP contribution in [0.5, 0.6) is 5.75 Å². The van der Waals surface area contributed by atoms with Gasteiger partial charge < -0.3 is 15.0 Å². The third kappa shape index (κ3) is 6.29. The lowest BCUT2D eigenvalue weighted by atomic mass is 10.0. The molecule has 0 saturated carbocycles. The fourth-order valence-electron chi connectivity index (χ4n) is 2.30. The fraction of sp³-hybridized carbons (Fsp3) is 0.250. The van der Waals surface area contributed by atoms with Crippen molar-refractivity contribution in [3.05, 3.63) is 65.7 Å². The molecule has 2 aromatic rings. The molecule has 6 heteroatoms. The summed E-state index contributed by atoms with van der Waals surface area (Å²) in [7, 11) is 3.87. The van der Waals surface area contributed by atoms with Crippen molar-refractivity contribution in [2.45, 2.75) is 6.61 Å². The van der Waals surface area contributed by atoms with Gasteiger partial charge >= 0.3 is 6.61 Å². The number of carbonyl (C=O) groups excluding carboxylic acids is 1. The predicted molar refractivity (Wildman–Crippen MR) is 99.0 cm³/mol. The number of hydrogen-bond donors (Lipinski definition) is 1. The molecule has 2 rings (SSSR count). The third-order valence-electron chi connectivity index (χ3n) is 3.59. The molecular formula is C20H22F2N2O2. The largest absolute Gasteiger partial charge is 0.435 e. The summed E-state index contributed by atoms with van der Waals surface area (Å²) in [6.07, 6.45) is 1.73. The van der Waals surface area contributed by atoms with Crippen LogP contribution < -0.4 is 10.1 Å². The van der Waals surface area contributed by atoms with Gasteiger partial charge in [0.05, 0.1) is 0 Å². The smallest absolute Gasteiger partial charge is 0.387 e. The molecule has 138 valence electrons. The summed E-state index contributed by atoms with van der Waals surface area (Å²) in [6, 6.07) is 15.5. The van der Waals surface area contributed by atoms with Gasteiger partial charge in [0.25, 0.3) is 5.91 Å². The predicted octanol–water partition coefficient (Wildman–Crippen LogP) is 3.51. The highest BCUT2D eigenvalue weighted by molar-refractivity contribution is 6.24. The Labute approximate surface area is 152 Å². The van der Waals surface area contributed by atoms with Gasteiger partial charge in [-0.2, -0.15) is 8.78 Å². The zero-order valence-electron chi connectivity index (χ0n) is 14.8. The Morgan fingerprint density at radius 2 is 1.77 bits per heavy atom. The molecule has 0 heterocycles. The first kappa shape index (κ1) is 19.6. The van der Waals surface area contributed by atoms with E-state index in [1.165, 1.54) is 12.1 Å². The summed E-state index contributed by atoms with van der Waals surface area (Å²) in [5, 5.41) is 2.90. The molecule has 26 heavy (non-hydrogen) atoms. The van der Waals surface area contributed by atoms with Gasteiger partial charge in [0.2, 0.25) is 0 Å². The second kappa shape index (κ2) is 9.68. The van der Waals surface area contributed by atoms with E-state index in [0.717, 1.165) is 12.1 Å². The Bertz CT molecular complexity index is 729. The summed E-state index contributed by atoms with van der Waals surface area (Å²) < 4.78 is 28.8. The summed E-state index contributed by atoms with van der Waals surface area (Å²) in [6.45, 7) is -1.61. The molecule has 0 bridgehead atoms. The fourth-order valence-corrected chi connectivity index (χ4v) is 2.30. The SMILES string of the molecule is CN(C)CCNC(=O)/C(=C/c1ccc(OC(F)F)cc1)c1ccccc1. The Kier molecular flexibility index (Phi) is 7.29. The first-order chi connectivity index (χ1) is 12.5. The highest BCUT2D eigenvalue weighted by Gasteiger charge is 2.12. The normalized spacial score (nSPS) is 11.7. The Morgan fingerprint density at radius 1 is 1.12 bits per heavy atom. The van der Waals surface area contributed by atoms with Crippen molar-refractivity contribution in [2.24, 2.45) is 0 Å². The molecule has 0 unspecified atom stereocenters. The molecule has 0 spiro atoms. The molecular weight excluding hydrogens is 338 g/mol. The number of rotatable bonds is 8. The molecule has 0 atom stereocenters. The molecule has 0 aliphatic heterocycles. The molecule has 0 fully saturated rings. The van der Waals surface area contributed by atoms with Crippen molar-refractivity contribution >= 4 is 17.6 Å². The van der Waals surface area contributed by atoms with E-state index in [-0.39, 0.29) is 11.7 Å². The monoisotopic (exact) mass is 360 g/mol. The van der Waals surface area contributed by atoms with Gasteiger partial charge in [0, 0.05) is 18.7 Å². The van der Waals surface area contributed by atoms with Crippen molar-refractivity contribution in [2.75, 3.05) is 27.2 Å². The molecule has 0 aromatic heterocycles.